The van der Waals surface area contributed by atoms with E-state index in [2.05, 4.69) is 10.4 Å². The maximum atomic E-state index is 13.8. The fourth-order valence-corrected chi connectivity index (χ4v) is 4.79. The van der Waals surface area contributed by atoms with E-state index >= 15 is 0 Å². The zero-order valence-electron chi connectivity index (χ0n) is 17.5. The molecule has 1 amide bonds. The molecule has 0 unspecified atom stereocenters. The summed E-state index contributed by atoms with van der Waals surface area (Å²) in [5, 5.41) is 15.8. The highest BCUT2D eigenvalue weighted by molar-refractivity contribution is 7.87. The lowest BCUT2D eigenvalue weighted by Crippen LogP contribution is -2.48. The normalized spacial score (nSPS) is 16.9. The second kappa shape index (κ2) is 9.43. The second-order valence-electron chi connectivity index (χ2n) is 7.59. The lowest BCUT2D eigenvalue weighted by molar-refractivity contribution is 0.111. The Bertz CT molecular complexity index is 1140. The number of carbonyl (C=O) groups excluding carboxylic acids is 1. The van der Waals surface area contributed by atoms with Crippen LogP contribution < -0.4 is 10.2 Å². The minimum Gasteiger partial charge on any atom is -0.465 e. The number of piperidine rings is 1. The summed E-state index contributed by atoms with van der Waals surface area (Å²) in [6.45, 7) is 0.581. The van der Waals surface area contributed by atoms with Gasteiger partial charge in [0.05, 0.1) is 0 Å². The molecule has 174 valence electrons. The molecule has 0 radical (unpaired) electrons. The molecule has 0 bridgehead atoms. The Balaban J connectivity index is 2.17. The minimum absolute atomic E-state index is 0.0452. The highest BCUT2D eigenvalue weighted by atomic mass is 35.5. The Kier molecular flexibility index (Phi) is 7.06. The van der Waals surface area contributed by atoms with Crippen LogP contribution in [0.1, 0.15) is 34.5 Å². The van der Waals surface area contributed by atoms with Crippen LogP contribution in [-0.2, 0) is 16.6 Å². The van der Waals surface area contributed by atoms with E-state index in [0.717, 1.165) is 8.39 Å². The number of carboxylic acid groups (broad SMARTS) is 1. The van der Waals surface area contributed by atoms with Crippen molar-refractivity contribution in [2.75, 3.05) is 32.1 Å². The fourth-order valence-electron chi connectivity index (χ4n) is 3.66. The van der Waals surface area contributed by atoms with Crippen LogP contribution >= 0.6 is 11.6 Å². The number of aldehydes is 1. The van der Waals surface area contributed by atoms with Crippen molar-refractivity contribution >= 4 is 40.0 Å². The Morgan fingerprint density at radius 2 is 2.16 bits per heavy atom. The van der Waals surface area contributed by atoms with Gasteiger partial charge in [-0.1, -0.05) is 11.6 Å². The maximum Gasteiger partial charge on any atom is 0.404 e. The largest absolute Gasteiger partial charge is 0.465 e. The molecule has 10 nitrogen and oxygen atoms in total. The average Bonchev–Trinajstić information content (AvgIpc) is 3.09. The van der Waals surface area contributed by atoms with Crippen molar-refractivity contribution in [3.8, 4) is 0 Å². The quantitative estimate of drug-likeness (QED) is 0.572. The number of hydrogen-bond donors (Lipinski definition) is 2. The molecule has 32 heavy (non-hydrogen) atoms. The summed E-state index contributed by atoms with van der Waals surface area (Å²) >= 11 is 6.21. The van der Waals surface area contributed by atoms with E-state index in [1.807, 2.05) is 0 Å². The summed E-state index contributed by atoms with van der Waals surface area (Å²) < 4.78 is 41.5. The molecular weight excluding hydrogens is 465 g/mol. The van der Waals surface area contributed by atoms with Crippen molar-refractivity contribution in [3.05, 3.63) is 45.9 Å². The first-order chi connectivity index (χ1) is 15.0. The number of halogens is 2. The molecule has 1 saturated heterocycles. The first-order valence-electron chi connectivity index (χ1n) is 9.73. The van der Waals surface area contributed by atoms with E-state index in [1.54, 1.807) is 4.90 Å². The van der Waals surface area contributed by atoms with Gasteiger partial charge in [0.1, 0.15) is 17.3 Å². The zero-order valence-corrected chi connectivity index (χ0v) is 19.0. The lowest BCUT2D eigenvalue weighted by atomic mass is 10.0. The molecule has 2 aromatic rings. The second-order valence-corrected chi connectivity index (χ2v) is 9.96. The van der Waals surface area contributed by atoms with Crippen LogP contribution in [0.4, 0.5) is 15.0 Å². The number of nitrogens with one attached hydrogen (secondary N) is 1. The molecule has 1 aliphatic rings. The standard InChI is InChI=1S/C19H23ClFN5O5S/c1-24(2)32(30,31)26-18(25-7-3-4-14(10-25)22-19(28)29)15(17(11-27)23-26)9-12-8-13(21)5-6-16(12)20/h5-6,8,11,14,22H,3-4,7,9-10H2,1-2H3,(H,28,29)/t14-/m1/s1. The average molecular weight is 488 g/mol. The number of nitrogens with zero attached hydrogens (tertiary/aromatic N) is 4. The molecule has 0 aliphatic carbocycles. The van der Waals surface area contributed by atoms with Gasteiger partial charge in [-0.3, -0.25) is 4.79 Å². The van der Waals surface area contributed by atoms with Crippen LogP contribution in [0.5, 0.6) is 0 Å². The summed E-state index contributed by atoms with van der Waals surface area (Å²) in [6, 6.07) is 3.34. The van der Waals surface area contributed by atoms with E-state index in [4.69, 9.17) is 16.7 Å². The summed E-state index contributed by atoms with van der Waals surface area (Å²) in [4.78, 5) is 24.6. The van der Waals surface area contributed by atoms with Crippen LogP contribution in [0.15, 0.2) is 18.2 Å². The summed E-state index contributed by atoms with van der Waals surface area (Å²) in [7, 11) is -1.47. The molecule has 2 heterocycles. The molecule has 1 aliphatic heterocycles. The Hall–Kier alpha value is -2.70. The molecular formula is C19H23ClFN5O5S. The van der Waals surface area contributed by atoms with Gasteiger partial charge < -0.3 is 15.3 Å². The van der Waals surface area contributed by atoms with Gasteiger partial charge in [0.15, 0.2) is 6.29 Å². The van der Waals surface area contributed by atoms with Crippen molar-refractivity contribution < 1.29 is 27.5 Å². The fraction of sp³-hybridized carbons (Fsp3) is 0.421. The Labute approximate surface area is 189 Å². The minimum atomic E-state index is -4.13. The smallest absolute Gasteiger partial charge is 0.404 e. The van der Waals surface area contributed by atoms with E-state index in [9.17, 15) is 22.4 Å². The van der Waals surface area contributed by atoms with Gasteiger partial charge in [-0.05, 0) is 36.6 Å². The van der Waals surface area contributed by atoms with Gasteiger partial charge in [-0.25, -0.2) is 9.18 Å². The van der Waals surface area contributed by atoms with Gasteiger partial charge in [0, 0.05) is 50.2 Å². The van der Waals surface area contributed by atoms with Crippen molar-refractivity contribution in [1.82, 2.24) is 18.8 Å². The molecule has 1 fully saturated rings. The number of hydrogen-bond acceptors (Lipinski definition) is 6. The summed E-state index contributed by atoms with van der Waals surface area (Å²) in [5.41, 5.74) is 0.489. The van der Waals surface area contributed by atoms with Crippen LogP contribution in [0.3, 0.4) is 0 Å². The molecule has 3 rings (SSSR count). The topological polar surface area (TPSA) is 125 Å². The number of anilines is 1. The van der Waals surface area contributed by atoms with E-state index < -0.39 is 28.2 Å². The van der Waals surface area contributed by atoms with Crippen LogP contribution in [0.25, 0.3) is 0 Å². The number of benzene rings is 1. The van der Waals surface area contributed by atoms with Crippen LogP contribution in [0.2, 0.25) is 5.02 Å². The highest BCUT2D eigenvalue weighted by Gasteiger charge is 2.33. The van der Waals surface area contributed by atoms with Gasteiger partial charge in [-0.15, -0.1) is 4.09 Å². The van der Waals surface area contributed by atoms with Crippen LogP contribution in [-0.4, -0.2) is 72.6 Å². The number of aromatic nitrogens is 2. The van der Waals surface area contributed by atoms with Gasteiger partial charge >= 0.3 is 16.3 Å². The predicted molar refractivity (Wildman–Crippen MR) is 116 cm³/mol. The SMILES string of the molecule is CN(C)S(=O)(=O)n1nc(C=O)c(Cc2cc(F)ccc2Cl)c1N1CCC[C@@H](NC(=O)O)C1. The summed E-state index contributed by atoms with van der Waals surface area (Å²) in [6.07, 6.45) is 0.352. The molecule has 1 aromatic carbocycles. The van der Waals surface area contributed by atoms with Crippen molar-refractivity contribution in [3.63, 3.8) is 0 Å². The third-order valence-electron chi connectivity index (χ3n) is 5.17. The third-order valence-corrected chi connectivity index (χ3v) is 7.16. The Morgan fingerprint density at radius 3 is 2.78 bits per heavy atom. The summed E-state index contributed by atoms with van der Waals surface area (Å²) in [5.74, 6) is -0.409. The van der Waals surface area contributed by atoms with Gasteiger partial charge in [-0.2, -0.15) is 17.8 Å². The highest BCUT2D eigenvalue weighted by Crippen LogP contribution is 2.32. The monoisotopic (exact) mass is 487 g/mol. The first kappa shape index (κ1) is 24.0. The first-order valence-corrected chi connectivity index (χ1v) is 11.5. The molecule has 1 atom stereocenters. The molecule has 2 N–H and O–H groups in total. The number of amides is 1. The van der Waals surface area contributed by atoms with Crippen molar-refractivity contribution in [2.45, 2.75) is 25.3 Å². The van der Waals surface area contributed by atoms with Gasteiger partial charge in [0.2, 0.25) is 0 Å². The third kappa shape index (κ3) is 4.87. The molecule has 13 heteroatoms. The van der Waals surface area contributed by atoms with E-state index in [-0.39, 0.29) is 35.1 Å². The van der Waals surface area contributed by atoms with E-state index in [1.165, 1.54) is 32.3 Å². The molecule has 0 spiro atoms. The lowest BCUT2D eigenvalue weighted by Gasteiger charge is -2.35. The number of rotatable bonds is 7. The zero-order chi connectivity index (χ0) is 23.6. The molecule has 0 saturated carbocycles. The predicted octanol–water partition coefficient (Wildman–Crippen LogP) is 1.97. The van der Waals surface area contributed by atoms with Crippen molar-refractivity contribution in [2.24, 2.45) is 0 Å². The molecule has 1 aromatic heterocycles. The Morgan fingerprint density at radius 1 is 1.44 bits per heavy atom. The van der Waals surface area contributed by atoms with Crippen LogP contribution in [0, 0.1) is 5.82 Å². The number of carbonyl (C=O) groups is 2. The van der Waals surface area contributed by atoms with E-state index in [0.29, 0.717) is 31.2 Å². The van der Waals surface area contributed by atoms with Crippen molar-refractivity contribution in [1.29, 1.82) is 0 Å². The maximum absolute atomic E-state index is 13.8. The van der Waals surface area contributed by atoms with Gasteiger partial charge in [0.25, 0.3) is 0 Å².